The second-order valence-electron chi connectivity index (χ2n) is 5.69. The maximum atomic E-state index is 12.7. The van der Waals surface area contributed by atoms with Gasteiger partial charge in [-0.15, -0.1) is 0 Å². The number of ether oxygens (including phenoxy) is 1. The van der Waals surface area contributed by atoms with Crippen LogP contribution < -0.4 is 5.32 Å². The lowest BCUT2D eigenvalue weighted by Crippen LogP contribution is -2.53. The van der Waals surface area contributed by atoms with Crippen molar-refractivity contribution in [2.24, 2.45) is 0 Å². The third-order valence-corrected chi connectivity index (χ3v) is 4.16. The molecule has 0 spiro atoms. The summed E-state index contributed by atoms with van der Waals surface area (Å²) >= 11 is 0. The summed E-state index contributed by atoms with van der Waals surface area (Å²) in [4.78, 5) is 30.4. The van der Waals surface area contributed by atoms with Crippen LogP contribution in [0.25, 0.3) is 0 Å². The van der Waals surface area contributed by atoms with Crippen LogP contribution in [0, 0.1) is 0 Å². The number of nitrogens with one attached hydrogen (secondary N) is 1. The molecule has 0 radical (unpaired) electrons. The summed E-state index contributed by atoms with van der Waals surface area (Å²) in [6.45, 7) is 1.04. The Morgan fingerprint density at radius 3 is 2.95 bits per heavy atom. The Morgan fingerprint density at radius 1 is 1.50 bits per heavy atom. The van der Waals surface area contributed by atoms with Crippen molar-refractivity contribution < 1.29 is 14.3 Å². The molecule has 2 rings (SSSR count). The number of hydrogen-bond donors (Lipinski definition) is 1. The van der Waals surface area contributed by atoms with Crippen molar-refractivity contribution in [1.82, 2.24) is 15.2 Å². The van der Waals surface area contributed by atoms with E-state index in [2.05, 4.69) is 10.3 Å². The van der Waals surface area contributed by atoms with Gasteiger partial charge in [0, 0.05) is 33.1 Å². The van der Waals surface area contributed by atoms with Gasteiger partial charge in [-0.05, 0) is 24.5 Å². The van der Waals surface area contributed by atoms with Gasteiger partial charge in [-0.2, -0.15) is 0 Å². The second-order valence-corrected chi connectivity index (χ2v) is 5.69. The molecule has 2 amide bonds. The van der Waals surface area contributed by atoms with E-state index in [1.165, 1.54) is 0 Å². The highest BCUT2D eigenvalue weighted by Gasteiger charge is 2.44. The van der Waals surface area contributed by atoms with Gasteiger partial charge in [0.15, 0.2) is 0 Å². The van der Waals surface area contributed by atoms with Crippen LogP contribution in [0.2, 0.25) is 0 Å². The van der Waals surface area contributed by atoms with E-state index < -0.39 is 5.54 Å². The third-order valence-electron chi connectivity index (χ3n) is 4.16. The summed E-state index contributed by atoms with van der Waals surface area (Å²) in [6.07, 6.45) is 5.63. The molecule has 1 fully saturated rings. The zero-order chi connectivity index (χ0) is 16.0. The molecule has 1 aromatic rings. The molecule has 2 heterocycles. The second kappa shape index (κ2) is 7.35. The highest BCUT2D eigenvalue weighted by molar-refractivity contribution is 5.82. The number of likely N-dealkylation sites (tertiary alicyclic amines) is 1. The molecule has 0 saturated carbocycles. The Kier molecular flexibility index (Phi) is 5.49. The van der Waals surface area contributed by atoms with Gasteiger partial charge in [0.05, 0.1) is 25.0 Å². The summed E-state index contributed by atoms with van der Waals surface area (Å²) in [5.41, 5.74) is 0.347. The van der Waals surface area contributed by atoms with Gasteiger partial charge in [-0.1, -0.05) is 6.07 Å². The molecule has 0 aliphatic carbocycles. The monoisotopic (exact) mass is 305 g/mol. The largest absolute Gasteiger partial charge is 0.382 e. The van der Waals surface area contributed by atoms with Crippen molar-refractivity contribution >= 4 is 11.8 Å². The highest BCUT2D eigenvalue weighted by atomic mass is 16.5. The van der Waals surface area contributed by atoms with Crippen molar-refractivity contribution in [1.29, 1.82) is 0 Å². The molecule has 1 aliphatic rings. The Labute approximate surface area is 130 Å². The van der Waals surface area contributed by atoms with Crippen molar-refractivity contribution in [3.63, 3.8) is 0 Å². The van der Waals surface area contributed by atoms with E-state index in [-0.39, 0.29) is 18.2 Å². The van der Waals surface area contributed by atoms with E-state index >= 15 is 0 Å². The topological polar surface area (TPSA) is 71.5 Å². The van der Waals surface area contributed by atoms with E-state index in [0.29, 0.717) is 19.6 Å². The fourth-order valence-electron chi connectivity index (χ4n) is 3.14. The van der Waals surface area contributed by atoms with Gasteiger partial charge in [-0.3, -0.25) is 14.6 Å². The van der Waals surface area contributed by atoms with E-state index in [9.17, 15) is 9.59 Å². The summed E-state index contributed by atoms with van der Waals surface area (Å²) in [6, 6.07) is 3.71. The number of carbonyl (C=O) groups excluding carboxylic acids is 2. The number of methoxy groups -OCH3 is 1. The fraction of sp³-hybridized carbons (Fsp3) is 0.562. The molecule has 6 nitrogen and oxygen atoms in total. The van der Waals surface area contributed by atoms with E-state index in [1.807, 2.05) is 17.0 Å². The SMILES string of the molecule is CNC(=O)C[C@@]1(COC)CCCN1C(=O)Cc1cccnc1. The number of pyridine rings is 1. The standard InChI is InChI=1S/C16H23N3O3/c1-17-14(20)10-16(12-22-2)6-4-8-19(16)15(21)9-13-5-3-7-18-11-13/h3,5,7,11H,4,6,8-10,12H2,1-2H3,(H,17,20)/t16-/m1/s1. The van der Waals surface area contributed by atoms with Crippen molar-refractivity contribution in [3.05, 3.63) is 30.1 Å². The minimum Gasteiger partial charge on any atom is -0.382 e. The van der Waals surface area contributed by atoms with Gasteiger partial charge in [-0.25, -0.2) is 0 Å². The molecule has 1 N–H and O–H groups in total. The zero-order valence-electron chi connectivity index (χ0n) is 13.2. The molecule has 0 unspecified atom stereocenters. The summed E-state index contributed by atoms with van der Waals surface area (Å²) in [7, 11) is 3.22. The van der Waals surface area contributed by atoms with Gasteiger partial charge in [0.2, 0.25) is 11.8 Å². The normalized spacial score (nSPS) is 20.9. The predicted molar refractivity (Wildman–Crippen MR) is 82.2 cm³/mol. The van der Waals surface area contributed by atoms with Crippen LogP contribution in [0.5, 0.6) is 0 Å². The molecular formula is C16H23N3O3. The van der Waals surface area contributed by atoms with E-state index in [4.69, 9.17) is 4.74 Å². The van der Waals surface area contributed by atoms with Crippen LogP contribution in [0.1, 0.15) is 24.8 Å². The number of amides is 2. The molecule has 120 valence electrons. The van der Waals surface area contributed by atoms with Crippen LogP contribution in [-0.4, -0.2) is 54.5 Å². The minimum atomic E-state index is -0.534. The Hall–Kier alpha value is -1.95. The predicted octanol–water partition coefficient (Wildman–Crippen LogP) is 0.768. The fourth-order valence-corrected chi connectivity index (χ4v) is 3.14. The van der Waals surface area contributed by atoms with Crippen LogP contribution in [0.3, 0.4) is 0 Å². The maximum Gasteiger partial charge on any atom is 0.227 e. The number of hydrogen-bond acceptors (Lipinski definition) is 4. The minimum absolute atomic E-state index is 0.0199. The summed E-state index contributed by atoms with van der Waals surface area (Å²) in [5.74, 6) is -0.0513. The smallest absolute Gasteiger partial charge is 0.227 e. The molecule has 0 aromatic carbocycles. The number of nitrogens with zero attached hydrogens (tertiary/aromatic N) is 2. The maximum absolute atomic E-state index is 12.7. The number of aromatic nitrogens is 1. The average molecular weight is 305 g/mol. The summed E-state index contributed by atoms with van der Waals surface area (Å²) in [5, 5.41) is 2.64. The van der Waals surface area contributed by atoms with Crippen LogP contribution >= 0.6 is 0 Å². The molecule has 1 aliphatic heterocycles. The first kappa shape index (κ1) is 16.4. The Bertz CT molecular complexity index is 521. The lowest BCUT2D eigenvalue weighted by molar-refractivity contribution is -0.139. The van der Waals surface area contributed by atoms with Crippen LogP contribution in [0.15, 0.2) is 24.5 Å². The Morgan fingerprint density at radius 2 is 2.32 bits per heavy atom. The first-order valence-corrected chi connectivity index (χ1v) is 7.50. The molecule has 1 saturated heterocycles. The van der Waals surface area contributed by atoms with Crippen molar-refractivity contribution in [2.75, 3.05) is 27.3 Å². The lowest BCUT2D eigenvalue weighted by atomic mass is 9.91. The summed E-state index contributed by atoms with van der Waals surface area (Å²) < 4.78 is 5.32. The highest BCUT2D eigenvalue weighted by Crippen LogP contribution is 2.33. The zero-order valence-corrected chi connectivity index (χ0v) is 13.2. The average Bonchev–Trinajstić information content (AvgIpc) is 2.92. The van der Waals surface area contributed by atoms with Crippen molar-refractivity contribution in [3.8, 4) is 0 Å². The quantitative estimate of drug-likeness (QED) is 0.842. The first-order chi connectivity index (χ1) is 10.6. The lowest BCUT2D eigenvalue weighted by Gasteiger charge is -2.37. The number of carbonyl (C=O) groups is 2. The number of rotatable bonds is 6. The molecule has 0 bridgehead atoms. The third kappa shape index (κ3) is 3.62. The first-order valence-electron chi connectivity index (χ1n) is 7.50. The van der Waals surface area contributed by atoms with Crippen LogP contribution in [0.4, 0.5) is 0 Å². The molecular weight excluding hydrogens is 282 g/mol. The van der Waals surface area contributed by atoms with Crippen molar-refractivity contribution in [2.45, 2.75) is 31.2 Å². The molecule has 1 atom stereocenters. The molecule has 6 heteroatoms. The van der Waals surface area contributed by atoms with Gasteiger partial charge >= 0.3 is 0 Å². The van der Waals surface area contributed by atoms with Crippen LogP contribution in [-0.2, 0) is 20.7 Å². The van der Waals surface area contributed by atoms with Gasteiger partial charge < -0.3 is 15.0 Å². The van der Waals surface area contributed by atoms with Gasteiger partial charge in [0.1, 0.15) is 0 Å². The molecule has 22 heavy (non-hydrogen) atoms. The van der Waals surface area contributed by atoms with E-state index in [0.717, 1.165) is 18.4 Å². The van der Waals surface area contributed by atoms with E-state index in [1.54, 1.807) is 26.6 Å². The molecule has 1 aromatic heterocycles. The van der Waals surface area contributed by atoms with Gasteiger partial charge in [0.25, 0.3) is 0 Å². The Balaban J connectivity index is 2.15.